The predicted molar refractivity (Wildman–Crippen MR) is 121 cm³/mol. The Kier molecular flexibility index (Phi) is 6.34. The Morgan fingerprint density at radius 1 is 1.25 bits per heavy atom. The van der Waals surface area contributed by atoms with Crippen LogP contribution in [0.1, 0.15) is 43.4 Å². The SMILES string of the molecule is CCOc1ccc(-n2c(O)c(C=NN3CCCC[C@@H]3c3cccnc3)c(=O)[nH]c2=O)cc1. The number of hydrogen-bond acceptors (Lipinski definition) is 7. The summed E-state index contributed by atoms with van der Waals surface area (Å²) in [5.74, 6) is 0.170. The molecule has 3 heterocycles. The molecular formula is C23H25N5O4. The standard InChI is InChI=1S/C23H25N5O4/c1-2-32-18-10-8-17(9-11-18)28-22(30)19(21(29)26-23(28)31)15-25-27-13-4-3-7-20(27)16-6-5-12-24-14-16/h5-6,8-12,14-15,20,30H,2-4,7,13H2,1H3,(H,26,29,31)/t20-/m1/s1. The number of ether oxygens (including phenoxy) is 1. The molecule has 0 spiro atoms. The minimum absolute atomic E-state index is 0.0342. The van der Waals surface area contributed by atoms with Crippen LogP contribution >= 0.6 is 0 Å². The van der Waals surface area contributed by atoms with E-state index >= 15 is 0 Å². The van der Waals surface area contributed by atoms with Gasteiger partial charge in [0.1, 0.15) is 11.3 Å². The van der Waals surface area contributed by atoms with Crippen LogP contribution in [0.5, 0.6) is 11.6 Å². The van der Waals surface area contributed by atoms with Gasteiger partial charge in [0.2, 0.25) is 5.88 Å². The van der Waals surface area contributed by atoms with Crippen LogP contribution in [-0.4, -0.2) is 44.0 Å². The van der Waals surface area contributed by atoms with Gasteiger partial charge in [-0.2, -0.15) is 5.10 Å². The van der Waals surface area contributed by atoms with Crippen molar-refractivity contribution in [1.82, 2.24) is 19.5 Å². The zero-order valence-corrected chi connectivity index (χ0v) is 17.8. The van der Waals surface area contributed by atoms with Gasteiger partial charge < -0.3 is 9.84 Å². The summed E-state index contributed by atoms with van der Waals surface area (Å²) >= 11 is 0. The largest absolute Gasteiger partial charge is 0.494 e. The van der Waals surface area contributed by atoms with Crippen LogP contribution in [-0.2, 0) is 0 Å². The lowest BCUT2D eigenvalue weighted by atomic mass is 9.98. The van der Waals surface area contributed by atoms with Gasteiger partial charge in [-0.05, 0) is 62.1 Å². The van der Waals surface area contributed by atoms with Gasteiger partial charge >= 0.3 is 5.69 Å². The number of aromatic hydroxyl groups is 1. The van der Waals surface area contributed by atoms with E-state index in [4.69, 9.17) is 4.74 Å². The first-order chi connectivity index (χ1) is 15.6. The molecule has 1 aliphatic heterocycles. The summed E-state index contributed by atoms with van der Waals surface area (Å²) in [6, 6.07) is 10.6. The quantitative estimate of drug-likeness (QED) is 0.576. The van der Waals surface area contributed by atoms with Crippen LogP contribution in [0.4, 0.5) is 0 Å². The average molecular weight is 435 g/mol. The summed E-state index contributed by atoms with van der Waals surface area (Å²) in [5.41, 5.74) is -0.0858. The number of nitrogens with zero attached hydrogens (tertiary/aromatic N) is 4. The van der Waals surface area contributed by atoms with E-state index in [1.807, 2.05) is 30.3 Å². The van der Waals surface area contributed by atoms with Crippen LogP contribution in [0.25, 0.3) is 5.69 Å². The fourth-order valence-corrected chi connectivity index (χ4v) is 3.85. The Hall–Kier alpha value is -3.88. The van der Waals surface area contributed by atoms with E-state index in [2.05, 4.69) is 15.1 Å². The molecule has 166 valence electrons. The van der Waals surface area contributed by atoms with Gasteiger partial charge in [0.05, 0.1) is 24.6 Å². The van der Waals surface area contributed by atoms with Crippen molar-refractivity contribution in [1.29, 1.82) is 0 Å². The molecule has 1 aliphatic rings. The van der Waals surface area contributed by atoms with E-state index in [0.717, 1.165) is 29.4 Å². The number of aromatic nitrogens is 3. The second-order valence-corrected chi connectivity index (χ2v) is 7.46. The Morgan fingerprint density at radius 2 is 2.06 bits per heavy atom. The first kappa shape index (κ1) is 21.4. The number of benzene rings is 1. The summed E-state index contributed by atoms with van der Waals surface area (Å²) in [6.45, 7) is 3.10. The normalized spacial score (nSPS) is 16.4. The highest BCUT2D eigenvalue weighted by Crippen LogP contribution is 2.30. The van der Waals surface area contributed by atoms with Crippen LogP contribution < -0.4 is 16.0 Å². The molecule has 3 aromatic rings. The predicted octanol–water partition coefficient (Wildman–Crippen LogP) is 2.59. The fraction of sp³-hybridized carbons (Fsp3) is 0.304. The summed E-state index contributed by atoms with van der Waals surface area (Å²) in [5, 5.41) is 17.2. The zero-order valence-electron chi connectivity index (χ0n) is 17.8. The molecule has 0 aliphatic carbocycles. The van der Waals surface area contributed by atoms with Gasteiger partial charge in [-0.25, -0.2) is 9.36 Å². The molecule has 0 unspecified atom stereocenters. The topological polar surface area (TPSA) is 113 Å². The second-order valence-electron chi connectivity index (χ2n) is 7.46. The summed E-state index contributed by atoms with van der Waals surface area (Å²) in [4.78, 5) is 31.3. The van der Waals surface area contributed by atoms with Crippen LogP contribution in [0, 0.1) is 0 Å². The van der Waals surface area contributed by atoms with E-state index in [1.54, 1.807) is 30.5 Å². The lowest BCUT2D eigenvalue weighted by Gasteiger charge is -2.33. The molecule has 0 saturated carbocycles. The second kappa shape index (κ2) is 9.51. The lowest BCUT2D eigenvalue weighted by Crippen LogP contribution is -2.32. The maximum absolute atomic E-state index is 12.4. The van der Waals surface area contributed by atoms with Gasteiger partial charge in [-0.3, -0.25) is 19.8 Å². The average Bonchev–Trinajstić information content (AvgIpc) is 2.81. The number of hydrogen-bond donors (Lipinski definition) is 2. The van der Waals surface area contributed by atoms with Crippen molar-refractivity contribution < 1.29 is 9.84 Å². The van der Waals surface area contributed by atoms with Gasteiger partial charge in [0.15, 0.2) is 0 Å². The molecule has 9 heteroatoms. The van der Waals surface area contributed by atoms with E-state index in [0.29, 0.717) is 24.6 Å². The lowest BCUT2D eigenvalue weighted by molar-refractivity contribution is 0.156. The van der Waals surface area contributed by atoms with E-state index in [9.17, 15) is 14.7 Å². The highest BCUT2D eigenvalue weighted by atomic mass is 16.5. The van der Waals surface area contributed by atoms with Gasteiger partial charge in [-0.1, -0.05) is 6.07 Å². The molecule has 9 nitrogen and oxygen atoms in total. The first-order valence-electron chi connectivity index (χ1n) is 10.6. The van der Waals surface area contributed by atoms with Crippen molar-refractivity contribution in [2.45, 2.75) is 32.2 Å². The van der Waals surface area contributed by atoms with Gasteiger partial charge in [-0.15, -0.1) is 0 Å². The van der Waals surface area contributed by atoms with Crippen molar-refractivity contribution >= 4 is 6.21 Å². The van der Waals surface area contributed by atoms with Gasteiger partial charge in [0, 0.05) is 18.9 Å². The van der Waals surface area contributed by atoms with Crippen molar-refractivity contribution in [3.05, 3.63) is 80.8 Å². The van der Waals surface area contributed by atoms with E-state index in [-0.39, 0.29) is 11.6 Å². The monoisotopic (exact) mass is 435 g/mol. The van der Waals surface area contributed by atoms with Crippen LogP contribution in [0.3, 0.4) is 0 Å². The third-order valence-corrected chi connectivity index (χ3v) is 5.41. The van der Waals surface area contributed by atoms with Gasteiger partial charge in [0.25, 0.3) is 5.56 Å². The maximum atomic E-state index is 12.4. The number of H-pyrrole nitrogens is 1. The number of nitrogens with one attached hydrogen (secondary N) is 1. The molecule has 1 atom stereocenters. The molecule has 1 saturated heterocycles. The molecule has 2 aromatic heterocycles. The van der Waals surface area contributed by atoms with Crippen molar-refractivity contribution in [3.63, 3.8) is 0 Å². The highest BCUT2D eigenvalue weighted by Gasteiger charge is 2.23. The van der Waals surface area contributed by atoms with Crippen molar-refractivity contribution in [2.24, 2.45) is 5.10 Å². The Morgan fingerprint density at radius 3 is 2.78 bits per heavy atom. The molecule has 0 amide bonds. The minimum atomic E-state index is -0.736. The zero-order chi connectivity index (χ0) is 22.5. The summed E-state index contributed by atoms with van der Waals surface area (Å²) in [6.07, 6.45) is 7.81. The van der Waals surface area contributed by atoms with Crippen molar-refractivity contribution in [3.8, 4) is 17.3 Å². The first-order valence-corrected chi connectivity index (χ1v) is 10.6. The fourth-order valence-electron chi connectivity index (χ4n) is 3.85. The third kappa shape index (κ3) is 4.41. The van der Waals surface area contributed by atoms with Crippen LogP contribution in [0.15, 0.2) is 63.5 Å². The summed E-state index contributed by atoms with van der Waals surface area (Å²) in [7, 11) is 0. The highest BCUT2D eigenvalue weighted by molar-refractivity contribution is 5.82. The molecular weight excluding hydrogens is 410 g/mol. The number of aromatic amines is 1. The molecule has 1 fully saturated rings. The molecule has 1 aromatic carbocycles. The molecule has 4 rings (SSSR count). The number of piperidine rings is 1. The molecule has 0 bridgehead atoms. The maximum Gasteiger partial charge on any atom is 0.335 e. The third-order valence-electron chi connectivity index (χ3n) is 5.41. The Balaban J connectivity index is 1.68. The number of pyridine rings is 1. The smallest absolute Gasteiger partial charge is 0.335 e. The van der Waals surface area contributed by atoms with E-state index in [1.165, 1.54) is 6.21 Å². The Labute approximate surface area is 184 Å². The van der Waals surface area contributed by atoms with Crippen molar-refractivity contribution in [2.75, 3.05) is 13.2 Å². The summed E-state index contributed by atoms with van der Waals surface area (Å²) < 4.78 is 6.45. The molecule has 32 heavy (non-hydrogen) atoms. The van der Waals surface area contributed by atoms with E-state index < -0.39 is 17.1 Å². The van der Waals surface area contributed by atoms with Crippen LogP contribution in [0.2, 0.25) is 0 Å². The molecule has 2 N–H and O–H groups in total. The number of rotatable bonds is 6. The number of hydrazone groups is 1. The molecule has 0 radical (unpaired) electrons. The minimum Gasteiger partial charge on any atom is -0.494 e. The Bertz CT molecular complexity index is 1200.